The van der Waals surface area contributed by atoms with Crippen molar-refractivity contribution < 1.29 is 9.84 Å². The molecule has 1 saturated heterocycles. The zero-order valence-electron chi connectivity index (χ0n) is 9.33. The van der Waals surface area contributed by atoms with Gasteiger partial charge in [0.2, 0.25) is 0 Å². The van der Waals surface area contributed by atoms with Crippen LogP contribution in [0.15, 0.2) is 6.33 Å². The highest BCUT2D eigenvalue weighted by molar-refractivity contribution is 5.79. The van der Waals surface area contributed by atoms with E-state index in [9.17, 15) is 0 Å². The fourth-order valence-electron chi connectivity index (χ4n) is 2.30. The number of aliphatic hydroxyl groups is 1. The number of nitrogens with two attached hydrogens (primary N) is 1. The first-order valence-electron chi connectivity index (χ1n) is 5.67. The molecule has 17 heavy (non-hydrogen) atoms. The highest BCUT2D eigenvalue weighted by Crippen LogP contribution is 2.36. The predicted octanol–water partition coefficient (Wildman–Crippen LogP) is -0.254. The van der Waals surface area contributed by atoms with Gasteiger partial charge in [0.25, 0.3) is 0 Å². The third kappa shape index (κ3) is 1.67. The van der Waals surface area contributed by atoms with Crippen LogP contribution < -0.4 is 16.0 Å². The lowest BCUT2D eigenvalue weighted by molar-refractivity contribution is 0.0115. The number of aliphatic hydroxyl groups excluding tert-OH is 1. The summed E-state index contributed by atoms with van der Waals surface area (Å²) in [5, 5.41) is 12.2. The number of nitrogens with zero attached hydrogens (tertiary/aromatic N) is 3. The van der Waals surface area contributed by atoms with E-state index in [1.807, 2.05) is 4.90 Å². The Kier molecular flexibility index (Phi) is 2.49. The number of nitrogens with one attached hydrogen (secondary N) is 1. The van der Waals surface area contributed by atoms with E-state index in [0.29, 0.717) is 12.5 Å². The molecule has 0 saturated carbocycles. The molecule has 1 aromatic rings. The first kappa shape index (κ1) is 10.5. The van der Waals surface area contributed by atoms with Crippen LogP contribution in [0.4, 0.5) is 17.3 Å². The van der Waals surface area contributed by atoms with Gasteiger partial charge >= 0.3 is 0 Å². The molecular formula is C10H15N5O2. The Morgan fingerprint density at radius 1 is 1.53 bits per heavy atom. The van der Waals surface area contributed by atoms with Crippen LogP contribution in [0.1, 0.15) is 12.8 Å². The zero-order chi connectivity index (χ0) is 11.8. The molecule has 1 aromatic heterocycles. The standard InChI is InChI=1S/C10H15N5O2/c11-9-8-10(13-4-12-9)15(5-14-8)7-2-1-6(3-16)17-7/h4,6-7,14,16H,1-3,5H2,(H2,11,12,13). The number of anilines is 3. The summed E-state index contributed by atoms with van der Waals surface area (Å²) in [5.41, 5.74) is 6.53. The SMILES string of the molecule is Nc1ncnc2c1NCN2C1CCC(CO)O1. The van der Waals surface area contributed by atoms with E-state index in [1.165, 1.54) is 6.33 Å². The van der Waals surface area contributed by atoms with Crippen LogP contribution in [-0.4, -0.2) is 40.7 Å². The highest BCUT2D eigenvalue weighted by Gasteiger charge is 2.34. The van der Waals surface area contributed by atoms with Crippen LogP contribution in [0.2, 0.25) is 0 Å². The first-order valence-corrected chi connectivity index (χ1v) is 5.67. The summed E-state index contributed by atoms with van der Waals surface area (Å²) in [7, 11) is 0. The van der Waals surface area contributed by atoms with E-state index in [4.69, 9.17) is 15.6 Å². The second-order valence-corrected chi connectivity index (χ2v) is 4.23. The molecule has 2 unspecified atom stereocenters. The Labute approximate surface area is 98.6 Å². The van der Waals surface area contributed by atoms with Crippen LogP contribution in [0.5, 0.6) is 0 Å². The lowest BCUT2D eigenvalue weighted by atomic mass is 10.2. The van der Waals surface area contributed by atoms with Crippen molar-refractivity contribution >= 4 is 17.3 Å². The minimum atomic E-state index is -0.0664. The van der Waals surface area contributed by atoms with Crippen LogP contribution >= 0.6 is 0 Å². The van der Waals surface area contributed by atoms with Gasteiger partial charge in [-0.1, -0.05) is 0 Å². The molecule has 3 rings (SSSR count). The molecular weight excluding hydrogens is 222 g/mol. The molecule has 0 spiro atoms. The number of ether oxygens (including phenoxy) is 1. The van der Waals surface area contributed by atoms with Gasteiger partial charge in [-0.2, -0.15) is 0 Å². The number of hydrogen-bond acceptors (Lipinski definition) is 7. The van der Waals surface area contributed by atoms with Crippen molar-refractivity contribution in [1.82, 2.24) is 9.97 Å². The zero-order valence-corrected chi connectivity index (χ0v) is 9.33. The molecule has 2 aliphatic heterocycles. The predicted molar refractivity (Wildman–Crippen MR) is 62.4 cm³/mol. The molecule has 7 heteroatoms. The van der Waals surface area contributed by atoms with E-state index in [2.05, 4.69) is 15.3 Å². The van der Waals surface area contributed by atoms with Crippen molar-refractivity contribution in [2.75, 3.05) is 29.2 Å². The fourth-order valence-corrected chi connectivity index (χ4v) is 2.30. The monoisotopic (exact) mass is 237 g/mol. The number of nitrogen functional groups attached to an aromatic ring is 1. The molecule has 0 amide bonds. The van der Waals surface area contributed by atoms with Gasteiger partial charge in [-0.25, -0.2) is 9.97 Å². The Balaban J connectivity index is 1.82. The van der Waals surface area contributed by atoms with E-state index < -0.39 is 0 Å². The highest BCUT2D eigenvalue weighted by atomic mass is 16.5. The Morgan fingerprint density at radius 3 is 3.18 bits per heavy atom. The maximum absolute atomic E-state index is 9.06. The minimum absolute atomic E-state index is 0.0461. The molecule has 0 aliphatic carbocycles. The maximum Gasteiger partial charge on any atom is 0.161 e. The van der Waals surface area contributed by atoms with E-state index in [-0.39, 0.29) is 18.9 Å². The van der Waals surface area contributed by atoms with E-state index >= 15 is 0 Å². The molecule has 92 valence electrons. The average molecular weight is 237 g/mol. The van der Waals surface area contributed by atoms with E-state index in [1.54, 1.807) is 0 Å². The summed E-state index contributed by atoms with van der Waals surface area (Å²) in [6.45, 7) is 0.678. The summed E-state index contributed by atoms with van der Waals surface area (Å²) in [5.74, 6) is 1.23. The molecule has 2 atom stereocenters. The molecule has 7 nitrogen and oxygen atoms in total. The van der Waals surface area contributed by atoms with Crippen LogP contribution in [0.3, 0.4) is 0 Å². The number of hydrogen-bond donors (Lipinski definition) is 3. The second-order valence-electron chi connectivity index (χ2n) is 4.23. The number of rotatable bonds is 2. The Bertz CT molecular complexity index is 427. The largest absolute Gasteiger partial charge is 0.394 e. The minimum Gasteiger partial charge on any atom is -0.394 e. The van der Waals surface area contributed by atoms with Crippen molar-refractivity contribution in [3.05, 3.63) is 6.33 Å². The smallest absolute Gasteiger partial charge is 0.161 e. The lowest BCUT2D eigenvalue weighted by Crippen LogP contribution is -2.35. The molecule has 0 aromatic carbocycles. The first-order chi connectivity index (χ1) is 8.29. The second kappa shape index (κ2) is 4.01. The quantitative estimate of drug-likeness (QED) is 0.652. The van der Waals surface area contributed by atoms with Crippen molar-refractivity contribution in [3.63, 3.8) is 0 Å². The molecule has 0 radical (unpaired) electrons. The van der Waals surface area contributed by atoms with Crippen LogP contribution in [-0.2, 0) is 4.74 Å². The van der Waals surface area contributed by atoms with Crippen LogP contribution in [0, 0.1) is 0 Å². The summed E-state index contributed by atoms with van der Waals surface area (Å²) in [4.78, 5) is 10.2. The Hall–Kier alpha value is -1.60. The average Bonchev–Trinajstić information content (AvgIpc) is 2.94. The molecule has 1 fully saturated rings. The van der Waals surface area contributed by atoms with Crippen molar-refractivity contribution in [1.29, 1.82) is 0 Å². The summed E-state index contributed by atoms with van der Waals surface area (Å²) in [6, 6.07) is 0. The van der Waals surface area contributed by atoms with Gasteiger partial charge in [-0.05, 0) is 12.8 Å². The molecule has 2 aliphatic rings. The summed E-state index contributed by atoms with van der Waals surface area (Å²) < 4.78 is 5.73. The summed E-state index contributed by atoms with van der Waals surface area (Å²) >= 11 is 0. The maximum atomic E-state index is 9.06. The molecule has 0 bridgehead atoms. The number of aromatic nitrogens is 2. The summed E-state index contributed by atoms with van der Waals surface area (Å²) in [6.07, 6.45) is 3.09. The fraction of sp³-hybridized carbons (Fsp3) is 0.600. The molecule has 3 heterocycles. The van der Waals surface area contributed by atoms with Crippen molar-refractivity contribution in [2.45, 2.75) is 25.2 Å². The van der Waals surface area contributed by atoms with Gasteiger partial charge in [-0.15, -0.1) is 0 Å². The number of fused-ring (bicyclic) bond motifs is 1. The lowest BCUT2D eigenvalue weighted by Gasteiger charge is -2.24. The van der Waals surface area contributed by atoms with Gasteiger partial charge in [0.15, 0.2) is 11.6 Å². The van der Waals surface area contributed by atoms with Crippen LogP contribution in [0.25, 0.3) is 0 Å². The van der Waals surface area contributed by atoms with Gasteiger partial charge in [0, 0.05) is 0 Å². The van der Waals surface area contributed by atoms with Crippen molar-refractivity contribution in [2.24, 2.45) is 0 Å². The molecule has 4 N–H and O–H groups in total. The van der Waals surface area contributed by atoms with Gasteiger partial charge in [0.05, 0.1) is 19.4 Å². The van der Waals surface area contributed by atoms with Crippen molar-refractivity contribution in [3.8, 4) is 0 Å². The van der Waals surface area contributed by atoms with E-state index in [0.717, 1.165) is 24.3 Å². The third-order valence-electron chi connectivity index (χ3n) is 3.19. The normalized spacial score (nSPS) is 27.0. The van der Waals surface area contributed by atoms with Gasteiger partial charge < -0.3 is 25.8 Å². The topological polar surface area (TPSA) is 96.5 Å². The van der Waals surface area contributed by atoms with Gasteiger partial charge in [-0.3, -0.25) is 0 Å². The van der Waals surface area contributed by atoms with Gasteiger partial charge in [0.1, 0.15) is 18.2 Å². The third-order valence-corrected chi connectivity index (χ3v) is 3.19. The Morgan fingerprint density at radius 2 is 2.41 bits per heavy atom.